The predicted molar refractivity (Wildman–Crippen MR) is 67.5 cm³/mol. The summed E-state index contributed by atoms with van der Waals surface area (Å²) in [6.45, 7) is 4.50. The van der Waals surface area contributed by atoms with Crippen LogP contribution in [0.1, 0.15) is 19.4 Å². The SMILES string of the molecule is CC1(C)CN(c2ccc(C(F)(F)F)cn2)CC(CO)O1. The minimum atomic E-state index is -4.39. The molecule has 2 rings (SSSR count). The third-order valence-corrected chi connectivity index (χ3v) is 3.08. The molecule has 20 heavy (non-hydrogen) atoms. The summed E-state index contributed by atoms with van der Waals surface area (Å²) >= 11 is 0. The van der Waals surface area contributed by atoms with Crippen molar-refractivity contribution >= 4 is 5.82 Å². The number of nitrogens with zero attached hydrogens (tertiary/aromatic N) is 2. The summed E-state index contributed by atoms with van der Waals surface area (Å²) in [5.74, 6) is 0.452. The second-order valence-electron chi connectivity index (χ2n) is 5.47. The quantitative estimate of drug-likeness (QED) is 0.906. The summed E-state index contributed by atoms with van der Waals surface area (Å²) in [6.07, 6.45) is -3.93. The van der Waals surface area contributed by atoms with E-state index in [2.05, 4.69) is 4.98 Å². The van der Waals surface area contributed by atoms with Crippen molar-refractivity contribution in [1.29, 1.82) is 0 Å². The Morgan fingerprint density at radius 1 is 1.45 bits per heavy atom. The summed E-state index contributed by atoms with van der Waals surface area (Å²) in [5, 5.41) is 9.22. The standard InChI is InChI=1S/C13H17F3N2O2/c1-12(2)8-18(6-10(7-19)20-12)11-4-3-9(5-17-11)13(14,15)16/h3-5,10,19H,6-8H2,1-2H3. The molecule has 1 N–H and O–H groups in total. The van der Waals surface area contributed by atoms with Crippen LogP contribution in [0.3, 0.4) is 0 Å². The summed E-state index contributed by atoms with van der Waals surface area (Å²) in [4.78, 5) is 5.70. The van der Waals surface area contributed by atoms with Gasteiger partial charge in [0.1, 0.15) is 5.82 Å². The number of morpholine rings is 1. The van der Waals surface area contributed by atoms with E-state index in [-0.39, 0.29) is 12.7 Å². The summed E-state index contributed by atoms with van der Waals surface area (Å²) in [6, 6.07) is 2.36. The van der Waals surface area contributed by atoms with Crippen molar-refractivity contribution in [2.24, 2.45) is 0 Å². The highest BCUT2D eigenvalue weighted by Gasteiger charge is 2.35. The van der Waals surface area contributed by atoms with Crippen LogP contribution in [0.25, 0.3) is 0 Å². The molecule has 0 amide bonds. The molecule has 7 heteroatoms. The van der Waals surface area contributed by atoms with Gasteiger partial charge in [0.2, 0.25) is 0 Å². The molecule has 1 atom stereocenters. The average Bonchev–Trinajstić information content (AvgIpc) is 2.36. The monoisotopic (exact) mass is 290 g/mol. The number of halogens is 3. The fraction of sp³-hybridized carbons (Fsp3) is 0.615. The van der Waals surface area contributed by atoms with Gasteiger partial charge in [0.25, 0.3) is 0 Å². The van der Waals surface area contributed by atoms with E-state index in [1.54, 1.807) is 0 Å². The number of aliphatic hydroxyl groups is 1. The molecular formula is C13H17F3N2O2. The molecule has 1 aromatic rings. The van der Waals surface area contributed by atoms with Gasteiger partial charge in [-0.2, -0.15) is 13.2 Å². The molecule has 1 aromatic heterocycles. The first kappa shape index (κ1) is 15.1. The Hall–Kier alpha value is -1.34. The number of ether oxygens (including phenoxy) is 1. The molecule has 0 radical (unpaired) electrons. The molecule has 112 valence electrons. The lowest BCUT2D eigenvalue weighted by Gasteiger charge is -2.42. The Bertz CT molecular complexity index is 460. The van der Waals surface area contributed by atoms with Gasteiger partial charge in [-0.05, 0) is 26.0 Å². The van der Waals surface area contributed by atoms with Crippen molar-refractivity contribution in [3.05, 3.63) is 23.9 Å². The molecule has 0 bridgehead atoms. The van der Waals surface area contributed by atoms with Crippen molar-refractivity contribution in [2.45, 2.75) is 31.7 Å². The lowest BCUT2D eigenvalue weighted by atomic mass is 10.1. The lowest BCUT2D eigenvalue weighted by Crippen LogP contribution is -2.54. The Morgan fingerprint density at radius 2 is 2.15 bits per heavy atom. The molecule has 0 saturated carbocycles. The maximum Gasteiger partial charge on any atom is 0.417 e. The van der Waals surface area contributed by atoms with Gasteiger partial charge in [0.05, 0.1) is 23.9 Å². The molecule has 1 unspecified atom stereocenters. The first-order chi connectivity index (χ1) is 9.21. The van der Waals surface area contributed by atoms with Crippen LogP contribution in [0.4, 0.5) is 19.0 Å². The van der Waals surface area contributed by atoms with Crippen molar-refractivity contribution in [1.82, 2.24) is 4.98 Å². The van der Waals surface area contributed by atoms with Crippen LogP contribution < -0.4 is 4.90 Å². The van der Waals surface area contributed by atoms with Crippen LogP contribution in [-0.4, -0.2) is 41.5 Å². The number of hydrogen-bond donors (Lipinski definition) is 1. The fourth-order valence-corrected chi connectivity index (χ4v) is 2.31. The highest BCUT2D eigenvalue weighted by atomic mass is 19.4. The van der Waals surface area contributed by atoms with Gasteiger partial charge >= 0.3 is 6.18 Å². The molecule has 0 aliphatic carbocycles. The zero-order valence-corrected chi connectivity index (χ0v) is 11.3. The van der Waals surface area contributed by atoms with E-state index in [1.165, 1.54) is 6.07 Å². The molecule has 1 fully saturated rings. The average molecular weight is 290 g/mol. The third kappa shape index (κ3) is 3.40. The van der Waals surface area contributed by atoms with Crippen molar-refractivity contribution in [2.75, 3.05) is 24.6 Å². The predicted octanol–water partition coefficient (Wildman–Crippen LogP) is 2.08. The molecule has 0 aromatic carbocycles. The zero-order chi connectivity index (χ0) is 15.0. The van der Waals surface area contributed by atoms with Crippen LogP contribution in [0.15, 0.2) is 18.3 Å². The van der Waals surface area contributed by atoms with E-state index in [0.29, 0.717) is 18.9 Å². The highest BCUT2D eigenvalue weighted by Crippen LogP contribution is 2.30. The van der Waals surface area contributed by atoms with Gasteiger partial charge in [-0.25, -0.2) is 4.98 Å². The van der Waals surface area contributed by atoms with E-state index in [0.717, 1.165) is 12.3 Å². The number of hydrogen-bond acceptors (Lipinski definition) is 4. The van der Waals surface area contributed by atoms with Gasteiger partial charge in [0, 0.05) is 19.3 Å². The lowest BCUT2D eigenvalue weighted by molar-refractivity contribution is -0.137. The van der Waals surface area contributed by atoms with Gasteiger partial charge < -0.3 is 14.7 Å². The summed E-state index contributed by atoms with van der Waals surface area (Å²) in [5.41, 5.74) is -1.26. The highest BCUT2D eigenvalue weighted by molar-refractivity contribution is 5.41. The van der Waals surface area contributed by atoms with Crippen LogP contribution in [0.5, 0.6) is 0 Å². The van der Waals surface area contributed by atoms with Gasteiger partial charge in [-0.15, -0.1) is 0 Å². The van der Waals surface area contributed by atoms with E-state index < -0.39 is 17.3 Å². The first-order valence-electron chi connectivity index (χ1n) is 6.28. The Kier molecular flexibility index (Phi) is 3.93. The molecule has 2 heterocycles. The number of aliphatic hydroxyl groups excluding tert-OH is 1. The normalized spacial score (nSPS) is 22.9. The van der Waals surface area contributed by atoms with Crippen LogP contribution in [0, 0.1) is 0 Å². The van der Waals surface area contributed by atoms with E-state index in [9.17, 15) is 18.3 Å². The van der Waals surface area contributed by atoms with E-state index in [1.807, 2.05) is 18.7 Å². The minimum Gasteiger partial charge on any atom is -0.394 e. The molecule has 1 aliphatic rings. The van der Waals surface area contributed by atoms with Crippen LogP contribution in [0.2, 0.25) is 0 Å². The van der Waals surface area contributed by atoms with Gasteiger partial charge in [0.15, 0.2) is 0 Å². The van der Waals surface area contributed by atoms with Gasteiger partial charge in [-0.1, -0.05) is 0 Å². The van der Waals surface area contributed by atoms with E-state index in [4.69, 9.17) is 4.74 Å². The Balaban J connectivity index is 2.18. The van der Waals surface area contributed by atoms with Gasteiger partial charge in [-0.3, -0.25) is 0 Å². The Labute approximate surface area is 115 Å². The van der Waals surface area contributed by atoms with Crippen molar-refractivity contribution in [3.63, 3.8) is 0 Å². The molecule has 4 nitrogen and oxygen atoms in total. The largest absolute Gasteiger partial charge is 0.417 e. The number of rotatable bonds is 2. The first-order valence-corrected chi connectivity index (χ1v) is 6.28. The number of alkyl halides is 3. The van der Waals surface area contributed by atoms with E-state index >= 15 is 0 Å². The second-order valence-corrected chi connectivity index (χ2v) is 5.47. The molecule has 1 aliphatic heterocycles. The zero-order valence-electron chi connectivity index (χ0n) is 11.3. The number of anilines is 1. The van der Waals surface area contributed by atoms with Crippen molar-refractivity contribution in [3.8, 4) is 0 Å². The Morgan fingerprint density at radius 3 is 2.65 bits per heavy atom. The fourth-order valence-electron chi connectivity index (χ4n) is 2.31. The minimum absolute atomic E-state index is 0.138. The van der Waals surface area contributed by atoms with Crippen LogP contribution in [-0.2, 0) is 10.9 Å². The summed E-state index contributed by atoms with van der Waals surface area (Å²) in [7, 11) is 0. The summed E-state index contributed by atoms with van der Waals surface area (Å²) < 4.78 is 43.1. The van der Waals surface area contributed by atoms with Crippen molar-refractivity contribution < 1.29 is 23.0 Å². The maximum atomic E-state index is 12.5. The molecular weight excluding hydrogens is 273 g/mol. The number of pyridine rings is 1. The topological polar surface area (TPSA) is 45.6 Å². The molecule has 0 spiro atoms. The smallest absolute Gasteiger partial charge is 0.394 e. The maximum absolute atomic E-state index is 12.5. The third-order valence-electron chi connectivity index (χ3n) is 3.08. The second kappa shape index (κ2) is 5.21. The van der Waals surface area contributed by atoms with Crippen LogP contribution >= 0.6 is 0 Å². The number of aromatic nitrogens is 1. The molecule has 1 saturated heterocycles.